The Morgan fingerprint density at radius 1 is 1.22 bits per heavy atom. The van der Waals surface area contributed by atoms with Crippen LogP contribution in [0.1, 0.15) is 27.6 Å². The summed E-state index contributed by atoms with van der Waals surface area (Å²) in [7, 11) is 1.85. The molecule has 1 aliphatic heterocycles. The topological polar surface area (TPSA) is 55.1 Å². The van der Waals surface area contributed by atoms with Crippen molar-refractivity contribution in [3.05, 3.63) is 77.4 Å². The van der Waals surface area contributed by atoms with Crippen LogP contribution in [0.5, 0.6) is 0 Å². The minimum Gasteiger partial charge on any atom is -0.347 e. The number of imidazole rings is 1. The molecule has 3 aromatic rings. The number of aryl methyl sites for hydroxylation is 1. The van der Waals surface area contributed by atoms with E-state index in [1.54, 1.807) is 10.6 Å². The Labute approximate surface area is 157 Å². The largest absolute Gasteiger partial charge is 0.347 e. The molecule has 0 saturated heterocycles. The zero-order valence-corrected chi connectivity index (χ0v) is 15.2. The molecule has 0 radical (unpaired) electrons. The Kier molecular flexibility index (Phi) is 4.77. The molecule has 6 nitrogen and oxygen atoms in total. The Hall–Kier alpha value is -2.93. The molecule has 0 fully saturated rings. The molecule has 2 aromatic heterocycles. The molecule has 0 aliphatic carbocycles. The lowest BCUT2D eigenvalue weighted by atomic mass is 10.2. The van der Waals surface area contributed by atoms with Crippen LogP contribution >= 0.6 is 0 Å². The quantitative estimate of drug-likeness (QED) is 0.753. The Morgan fingerprint density at radius 2 is 2.04 bits per heavy atom. The highest BCUT2D eigenvalue weighted by atomic mass is 19.1. The van der Waals surface area contributed by atoms with Crippen molar-refractivity contribution in [1.82, 2.24) is 24.3 Å². The Balaban J connectivity index is 1.37. The predicted octanol–water partition coefficient (Wildman–Crippen LogP) is 2.31. The summed E-state index contributed by atoms with van der Waals surface area (Å²) in [6, 6.07) is 10.3. The van der Waals surface area contributed by atoms with Gasteiger partial charge in [-0.3, -0.25) is 9.69 Å². The lowest BCUT2D eigenvalue weighted by Crippen LogP contribution is -2.35. The SMILES string of the molecule is Cn1cccc1C(=O)NCc1cnc2n1CCN(Cc1ccc(F)cc1)C2. The first-order valence-electron chi connectivity index (χ1n) is 9.00. The number of nitrogens with zero attached hydrogens (tertiary/aromatic N) is 4. The summed E-state index contributed by atoms with van der Waals surface area (Å²) in [5, 5.41) is 2.97. The summed E-state index contributed by atoms with van der Waals surface area (Å²) in [6.07, 6.45) is 3.69. The first-order chi connectivity index (χ1) is 13.1. The molecule has 4 rings (SSSR count). The second kappa shape index (κ2) is 7.36. The summed E-state index contributed by atoms with van der Waals surface area (Å²) in [5.74, 6) is 0.688. The average Bonchev–Trinajstić information content (AvgIpc) is 3.27. The normalized spacial score (nSPS) is 14.1. The molecule has 0 saturated carbocycles. The van der Waals surface area contributed by atoms with Crippen molar-refractivity contribution in [3.8, 4) is 0 Å². The van der Waals surface area contributed by atoms with Crippen LogP contribution in [0.15, 0.2) is 48.8 Å². The Morgan fingerprint density at radius 3 is 2.78 bits per heavy atom. The molecule has 1 amide bonds. The lowest BCUT2D eigenvalue weighted by Gasteiger charge is -2.28. The van der Waals surface area contributed by atoms with Crippen LogP contribution in [0.25, 0.3) is 0 Å². The first-order valence-corrected chi connectivity index (χ1v) is 9.00. The van der Waals surface area contributed by atoms with Gasteiger partial charge in [-0.1, -0.05) is 12.1 Å². The van der Waals surface area contributed by atoms with E-state index in [1.165, 1.54) is 12.1 Å². The van der Waals surface area contributed by atoms with Gasteiger partial charge in [0.25, 0.3) is 5.91 Å². The third-order valence-corrected chi connectivity index (χ3v) is 4.95. The van der Waals surface area contributed by atoms with E-state index in [0.717, 1.165) is 43.3 Å². The van der Waals surface area contributed by atoms with Gasteiger partial charge < -0.3 is 14.5 Å². The molecule has 27 heavy (non-hydrogen) atoms. The van der Waals surface area contributed by atoms with E-state index in [9.17, 15) is 9.18 Å². The van der Waals surface area contributed by atoms with Crippen LogP contribution in [0.2, 0.25) is 0 Å². The van der Waals surface area contributed by atoms with Gasteiger partial charge in [0.2, 0.25) is 0 Å². The number of hydrogen-bond donors (Lipinski definition) is 1. The fourth-order valence-corrected chi connectivity index (χ4v) is 3.46. The smallest absolute Gasteiger partial charge is 0.268 e. The summed E-state index contributed by atoms with van der Waals surface area (Å²) in [6.45, 7) is 3.68. The zero-order valence-electron chi connectivity index (χ0n) is 15.2. The average molecular weight is 367 g/mol. The molecule has 0 unspecified atom stereocenters. The molecule has 3 heterocycles. The molecule has 1 aromatic carbocycles. The third-order valence-electron chi connectivity index (χ3n) is 4.95. The lowest BCUT2D eigenvalue weighted by molar-refractivity contribution is 0.0941. The van der Waals surface area contributed by atoms with E-state index in [-0.39, 0.29) is 11.7 Å². The molecule has 1 N–H and O–H groups in total. The molecule has 140 valence electrons. The van der Waals surface area contributed by atoms with Gasteiger partial charge in [0.1, 0.15) is 17.3 Å². The highest BCUT2D eigenvalue weighted by molar-refractivity contribution is 5.92. The number of fused-ring (bicyclic) bond motifs is 1. The van der Waals surface area contributed by atoms with Crippen LogP contribution in [0.3, 0.4) is 0 Å². The van der Waals surface area contributed by atoms with Crippen LogP contribution in [0, 0.1) is 5.82 Å². The van der Waals surface area contributed by atoms with Gasteiger partial charge in [-0.15, -0.1) is 0 Å². The summed E-state index contributed by atoms with van der Waals surface area (Å²) in [4.78, 5) is 19.1. The second-order valence-corrected chi connectivity index (χ2v) is 6.84. The van der Waals surface area contributed by atoms with Crippen molar-refractivity contribution in [2.24, 2.45) is 7.05 Å². The van der Waals surface area contributed by atoms with E-state index in [2.05, 4.69) is 19.8 Å². The summed E-state index contributed by atoms with van der Waals surface area (Å²) >= 11 is 0. The number of amides is 1. The fourth-order valence-electron chi connectivity index (χ4n) is 3.46. The molecular weight excluding hydrogens is 345 g/mol. The monoisotopic (exact) mass is 367 g/mol. The van der Waals surface area contributed by atoms with Crippen LogP contribution in [-0.2, 0) is 33.2 Å². The molecule has 0 spiro atoms. The van der Waals surface area contributed by atoms with E-state index < -0.39 is 0 Å². The van der Waals surface area contributed by atoms with Crippen LogP contribution in [0.4, 0.5) is 4.39 Å². The number of rotatable bonds is 5. The molecular formula is C20H22FN5O. The Bertz CT molecular complexity index is 944. The van der Waals surface area contributed by atoms with Crippen LogP contribution < -0.4 is 5.32 Å². The molecule has 0 bridgehead atoms. The van der Waals surface area contributed by atoms with Gasteiger partial charge in [0.15, 0.2) is 0 Å². The zero-order chi connectivity index (χ0) is 18.8. The molecule has 7 heteroatoms. The standard InChI is InChI=1S/C20H22FN5O/c1-24-8-2-3-18(24)20(27)23-12-17-11-22-19-14-25(9-10-26(17)19)13-15-4-6-16(21)7-5-15/h2-8,11H,9-10,12-14H2,1H3,(H,23,27). The minimum atomic E-state index is -0.213. The van der Waals surface area contributed by atoms with Gasteiger partial charge >= 0.3 is 0 Å². The number of benzene rings is 1. The maximum Gasteiger partial charge on any atom is 0.268 e. The van der Waals surface area contributed by atoms with Gasteiger partial charge in [-0.25, -0.2) is 9.37 Å². The molecule has 0 atom stereocenters. The maximum atomic E-state index is 13.0. The molecule has 1 aliphatic rings. The van der Waals surface area contributed by atoms with Crippen molar-refractivity contribution in [3.63, 3.8) is 0 Å². The van der Waals surface area contributed by atoms with E-state index in [0.29, 0.717) is 12.2 Å². The summed E-state index contributed by atoms with van der Waals surface area (Å²) in [5.41, 5.74) is 2.74. The number of halogens is 1. The van der Waals surface area contributed by atoms with Crippen LogP contribution in [-0.4, -0.2) is 31.5 Å². The highest BCUT2D eigenvalue weighted by Gasteiger charge is 2.20. The first kappa shape index (κ1) is 17.5. The predicted molar refractivity (Wildman–Crippen MR) is 99.3 cm³/mol. The summed E-state index contributed by atoms with van der Waals surface area (Å²) < 4.78 is 17.0. The number of carbonyl (C=O) groups is 1. The van der Waals surface area contributed by atoms with Gasteiger partial charge in [-0.05, 0) is 29.8 Å². The van der Waals surface area contributed by atoms with Gasteiger partial charge in [0.05, 0.1) is 25.0 Å². The highest BCUT2D eigenvalue weighted by Crippen LogP contribution is 2.17. The number of nitrogens with one attached hydrogen (secondary N) is 1. The van der Waals surface area contributed by atoms with Crippen molar-refractivity contribution < 1.29 is 9.18 Å². The minimum absolute atomic E-state index is 0.0909. The van der Waals surface area contributed by atoms with E-state index in [1.807, 2.05) is 37.6 Å². The maximum absolute atomic E-state index is 13.0. The van der Waals surface area contributed by atoms with Crippen molar-refractivity contribution >= 4 is 5.91 Å². The van der Waals surface area contributed by atoms with E-state index >= 15 is 0 Å². The second-order valence-electron chi connectivity index (χ2n) is 6.84. The van der Waals surface area contributed by atoms with Crippen molar-refractivity contribution in [1.29, 1.82) is 0 Å². The van der Waals surface area contributed by atoms with Gasteiger partial charge in [0, 0.05) is 32.9 Å². The number of aromatic nitrogens is 3. The van der Waals surface area contributed by atoms with E-state index in [4.69, 9.17) is 0 Å². The third kappa shape index (κ3) is 3.78. The van der Waals surface area contributed by atoms with Gasteiger partial charge in [-0.2, -0.15) is 0 Å². The van der Waals surface area contributed by atoms with Crippen molar-refractivity contribution in [2.45, 2.75) is 26.2 Å². The number of carbonyl (C=O) groups excluding carboxylic acids is 1. The van der Waals surface area contributed by atoms with Crippen molar-refractivity contribution in [2.75, 3.05) is 6.54 Å². The number of hydrogen-bond acceptors (Lipinski definition) is 3. The fraction of sp³-hybridized carbons (Fsp3) is 0.300.